The summed E-state index contributed by atoms with van der Waals surface area (Å²) in [6, 6.07) is 7.98. The van der Waals surface area contributed by atoms with Crippen LogP contribution in [-0.2, 0) is 0 Å². The van der Waals surface area contributed by atoms with Crippen LogP contribution < -0.4 is 0 Å². The Morgan fingerprint density at radius 1 is 1.24 bits per heavy atom. The predicted molar refractivity (Wildman–Crippen MR) is 63.4 cm³/mol. The fourth-order valence-corrected chi connectivity index (χ4v) is 1.92. The number of nitrogens with zero attached hydrogens (tertiary/aromatic N) is 3. The Labute approximate surface area is 102 Å². The van der Waals surface area contributed by atoms with Crippen molar-refractivity contribution in [2.45, 2.75) is 0 Å². The van der Waals surface area contributed by atoms with Crippen molar-refractivity contribution in [2.24, 2.45) is 0 Å². The lowest BCUT2D eigenvalue weighted by atomic mass is 10.1. The quantitative estimate of drug-likeness (QED) is 0.618. The lowest BCUT2D eigenvalue weighted by Crippen LogP contribution is -1.93. The molecule has 0 spiro atoms. The molecule has 2 aromatic heterocycles. The molecule has 0 fully saturated rings. The first-order valence-corrected chi connectivity index (χ1v) is 5.37. The molecule has 0 aliphatic rings. The summed E-state index contributed by atoms with van der Waals surface area (Å²) in [5.41, 5.74) is 1.97. The number of benzene rings is 1. The highest BCUT2D eigenvalue weighted by Gasteiger charge is 2.06. The van der Waals surface area contributed by atoms with Gasteiger partial charge in [-0.25, -0.2) is 14.4 Å². The number of fused-ring (bicyclic) bond motifs is 1. The molecule has 0 N–H and O–H groups in total. The first-order chi connectivity index (χ1) is 8.24. The summed E-state index contributed by atoms with van der Waals surface area (Å²) in [7, 11) is 0. The maximum Gasteiger partial charge on any atom is 0.209 e. The van der Waals surface area contributed by atoms with Gasteiger partial charge in [-0.05, 0) is 23.7 Å². The van der Waals surface area contributed by atoms with E-state index in [4.69, 9.17) is 11.6 Å². The Kier molecular flexibility index (Phi) is 2.30. The molecule has 0 atom stereocenters. The third-order valence-corrected chi connectivity index (χ3v) is 2.73. The van der Waals surface area contributed by atoms with E-state index in [1.54, 1.807) is 35.0 Å². The fourth-order valence-electron chi connectivity index (χ4n) is 1.68. The Bertz CT molecular complexity index is 693. The van der Waals surface area contributed by atoms with Crippen LogP contribution in [0.4, 0.5) is 4.39 Å². The summed E-state index contributed by atoms with van der Waals surface area (Å²) in [5, 5.41) is 0.305. The highest BCUT2D eigenvalue weighted by atomic mass is 35.5. The zero-order valence-corrected chi connectivity index (χ0v) is 9.39. The Morgan fingerprint density at radius 2 is 2.12 bits per heavy atom. The molecule has 3 rings (SSSR count). The second-order valence-corrected chi connectivity index (χ2v) is 3.91. The van der Waals surface area contributed by atoms with Gasteiger partial charge in [0.1, 0.15) is 11.5 Å². The van der Waals surface area contributed by atoms with Gasteiger partial charge in [0, 0.05) is 24.0 Å². The Hall–Kier alpha value is -1.94. The molecule has 17 heavy (non-hydrogen) atoms. The average molecular weight is 248 g/mol. The number of aromatic nitrogens is 3. The monoisotopic (exact) mass is 247 g/mol. The largest absolute Gasteiger partial charge is 0.274 e. The minimum atomic E-state index is -0.302. The first-order valence-electron chi connectivity index (χ1n) is 4.99. The van der Waals surface area contributed by atoms with Gasteiger partial charge in [-0.2, -0.15) is 0 Å². The van der Waals surface area contributed by atoms with Crippen molar-refractivity contribution in [2.75, 3.05) is 0 Å². The fraction of sp³-hybridized carbons (Fsp3) is 0. The molecule has 3 nitrogen and oxygen atoms in total. The van der Waals surface area contributed by atoms with E-state index in [2.05, 4.69) is 9.97 Å². The maximum absolute atomic E-state index is 13.1. The van der Waals surface area contributed by atoms with Crippen LogP contribution in [0.15, 0.2) is 42.7 Å². The second kappa shape index (κ2) is 3.82. The lowest BCUT2D eigenvalue weighted by Gasteiger charge is -2.03. The molecule has 3 aromatic rings. The molecule has 0 bridgehead atoms. The van der Waals surface area contributed by atoms with Gasteiger partial charge in [0.25, 0.3) is 0 Å². The SMILES string of the molecule is Fc1cccc(-c2cc3nccn3c(Cl)n2)c1. The van der Waals surface area contributed by atoms with Crippen molar-refractivity contribution in [3.8, 4) is 11.3 Å². The van der Waals surface area contributed by atoms with Crippen LogP contribution in [0.2, 0.25) is 5.28 Å². The molecule has 0 aliphatic heterocycles. The molecule has 0 saturated carbocycles. The van der Waals surface area contributed by atoms with E-state index in [0.717, 1.165) is 0 Å². The van der Waals surface area contributed by atoms with E-state index in [1.807, 2.05) is 0 Å². The van der Waals surface area contributed by atoms with Gasteiger partial charge in [-0.3, -0.25) is 4.40 Å². The van der Waals surface area contributed by atoms with Gasteiger partial charge >= 0.3 is 0 Å². The van der Waals surface area contributed by atoms with Gasteiger partial charge in [0.15, 0.2) is 0 Å². The molecular formula is C12H7ClFN3. The standard InChI is InChI=1S/C12H7ClFN3/c13-12-16-10(7-11-15-4-5-17(11)12)8-2-1-3-9(14)6-8/h1-7H. The van der Waals surface area contributed by atoms with Crippen molar-refractivity contribution < 1.29 is 4.39 Å². The third kappa shape index (κ3) is 1.76. The molecule has 2 heterocycles. The van der Waals surface area contributed by atoms with Gasteiger partial charge in [-0.1, -0.05) is 12.1 Å². The minimum Gasteiger partial charge on any atom is -0.274 e. The van der Waals surface area contributed by atoms with Crippen LogP contribution in [-0.4, -0.2) is 14.4 Å². The number of hydrogen-bond donors (Lipinski definition) is 0. The molecule has 1 aromatic carbocycles. The van der Waals surface area contributed by atoms with Crippen LogP contribution >= 0.6 is 11.6 Å². The summed E-state index contributed by atoms with van der Waals surface area (Å²) in [4.78, 5) is 8.34. The highest BCUT2D eigenvalue weighted by molar-refractivity contribution is 6.28. The van der Waals surface area contributed by atoms with Crippen molar-refractivity contribution in [1.29, 1.82) is 0 Å². The van der Waals surface area contributed by atoms with E-state index < -0.39 is 0 Å². The molecule has 0 aliphatic carbocycles. The molecule has 0 amide bonds. The van der Waals surface area contributed by atoms with Gasteiger partial charge in [0.2, 0.25) is 5.28 Å². The summed E-state index contributed by atoms with van der Waals surface area (Å²) in [6.45, 7) is 0. The van der Waals surface area contributed by atoms with Crippen LogP contribution in [0.3, 0.4) is 0 Å². The number of halogens is 2. The summed E-state index contributed by atoms with van der Waals surface area (Å²) < 4.78 is 14.8. The van der Waals surface area contributed by atoms with Crippen LogP contribution in [0.1, 0.15) is 0 Å². The Balaban J connectivity index is 2.23. The topological polar surface area (TPSA) is 30.2 Å². The van der Waals surface area contributed by atoms with Crippen LogP contribution in [0.5, 0.6) is 0 Å². The zero-order valence-electron chi connectivity index (χ0n) is 8.64. The van der Waals surface area contributed by atoms with Gasteiger partial charge in [-0.15, -0.1) is 0 Å². The van der Waals surface area contributed by atoms with Gasteiger partial charge in [0.05, 0.1) is 5.69 Å². The van der Waals surface area contributed by atoms with Crippen molar-refractivity contribution in [1.82, 2.24) is 14.4 Å². The molecule has 84 valence electrons. The first kappa shape index (κ1) is 10.2. The van der Waals surface area contributed by atoms with Gasteiger partial charge < -0.3 is 0 Å². The van der Waals surface area contributed by atoms with Crippen molar-refractivity contribution in [3.05, 3.63) is 53.8 Å². The number of hydrogen-bond acceptors (Lipinski definition) is 2. The average Bonchev–Trinajstić information content (AvgIpc) is 2.77. The van der Waals surface area contributed by atoms with Crippen LogP contribution in [0.25, 0.3) is 16.9 Å². The zero-order chi connectivity index (χ0) is 11.8. The molecule has 0 saturated heterocycles. The van der Waals surface area contributed by atoms with E-state index in [0.29, 0.717) is 22.2 Å². The normalized spacial score (nSPS) is 10.9. The molecule has 5 heteroatoms. The number of rotatable bonds is 1. The smallest absolute Gasteiger partial charge is 0.209 e. The third-order valence-electron chi connectivity index (χ3n) is 2.47. The highest BCUT2D eigenvalue weighted by Crippen LogP contribution is 2.21. The van der Waals surface area contributed by atoms with Crippen molar-refractivity contribution >= 4 is 17.2 Å². The van der Waals surface area contributed by atoms with E-state index in [1.165, 1.54) is 12.1 Å². The molecule has 0 radical (unpaired) electrons. The summed E-state index contributed by atoms with van der Waals surface area (Å²) in [5.74, 6) is -0.302. The predicted octanol–water partition coefficient (Wildman–Crippen LogP) is 3.19. The molecule has 0 unspecified atom stereocenters. The summed E-state index contributed by atoms with van der Waals surface area (Å²) >= 11 is 6.01. The van der Waals surface area contributed by atoms with E-state index in [9.17, 15) is 4.39 Å². The summed E-state index contributed by atoms with van der Waals surface area (Å²) in [6.07, 6.45) is 3.36. The second-order valence-electron chi connectivity index (χ2n) is 3.58. The van der Waals surface area contributed by atoms with E-state index in [-0.39, 0.29) is 5.82 Å². The van der Waals surface area contributed by atoms with Crippen molar-refractivity contribution in [3.63, 3.8) is 0 Å². The van der Waals surface area contributed by atoms with Crippen LogP contribution in [0, 0.1) is 5.82 Å². The number of imidazole rings is 1. The lowest BCUT2D eigenvalue weighted by molar-refractivity contribution is 0.628. The minimum absolute atomic E-state index is 0.302. The Morgan fingerprint density at radius 3 is 2.94 bits per heavy atom. The maximum atomic E-state index is 13.1. The molecular weight excluding hydrogens is 241 g/mol. The van der Waals surface area contributed by atoms with E-state index >= 15 is 0 Å².